The average Bonchev–Trinajstić information content (AvgIpc) is 2.71. The number of amides is 1. The van der Waals surface area contributed by atoms with E-state index in [1.54, 1.807) is 0 Å². The molecule has 0 aliphatic carbocycles. The fourth-order valence-electron chi connectivity index (χ4n) is 2.62. The van der Waals surface area contributed by atoms with Gasteiger partial charge in [0.25, 0.3) is 5.91 Å². The largest absolute Gasteiger partial charge is 0.317 e. The monoisotopic (exact) mass is 277 g/mol. The third kappa shape index (κ3) is 2.15. The Bertz CT molecular complexity index is 562. The van der Waals surface area contributed by atoms with Crippen LogP contribution in [0.5, 0.6) is 0 Å². The van der Waals surface area contributed by atoms with Crippen LogP contribution in [0.15, 0.2) is 23.2 Å². The van der Waals surface area contributed by atoms with Gasteiger partial charge in [-0.1, -0.05) is 11.6 Å². The molecule has 100 valence electrons. The van der Waals surface area contributed by atoms with Crippen LogP contribution in [0, 0.1) is 6.92 Å². The van der Waals surface area contributed by atoms with E-state index in [2.05, 4.69) is 15.6 Å². The molecule has 0 atom stereocenters. The van der Waals surface area contributed by atoms with Gasteiger partial charge in [0, 0.05) is 10.6 Å². The second-order valence-electron chi connectivity index (χ2n) is 5.16. The predicted molar refractivity (Wildman–Crippen MR) is 75.7 cm³/mol. The number of nitrogens with one attached hydrogen (secondary N) is 2. The number of amidine groups is 1. The molecular formula is C14H16ClN3O. The van der Waals surface area contributed by atoms with Crippen LogP contribution in [0.4, 0.5) is 0 Å². The van der Waals surface area contributed by atoms with E-state index in [9.17, 15) is 4.79 Å². The van der Waals surface area contributed by atoms with Crippen molar-refractivity contribution < 1.29 is 4.79 Å². The zero-order chi connectivity index (χ0) is 13.5. The molecule has 1 amide bonds. The topological polar surface area (TPSA) is 53.5 Å². The van der Waals surface area contributed by atoms with Gasteiger partial charge in [0.2, 0.25) is 0 Å². The molecule has 1 aromatic carbocycles. The standard InChI is InChI=1S/C14H16ClN3O/c1-9-8-10(2-3-11(9)15)12-17-13(19)14(18-12)4-6-16-7-5-14/h2-3,8,16H,4-7H2,1H3,(H,17,18,19). The van der Waals surface area contributed by atoms with Crippen molar-refractivity contribution in [3.63, 3.8) is 0 Å². The first-order chi connectivity index (χ1) is 9.11. The van der Waals surface area contributed by atoms with Crippen LogP contribution >= 0.6 is 11.6 Å². The highest BCUT2D eigenvalue weighted by atomic mass is 35.5. The van der Waals surface area contributed by atoms with E-state index in [1.165, 1.54) is 0 Å². The number of hydrogen-bond donors (Lipinski definition) is 2. The van der Waals surface area contributed by atoms with Crippen LogP contribution in [0.25, 0.3) is 0 Å². The van der Waals surface area contributed by atoms with E-state index in [-0.39, 0.29) is 5.91 Å². The minimum Gasteiger partial charge on any atom is -0.317 e. The van der Waals surface area contributed by atoms with Crippen molar-refractivity contribution in [3.8, 4) is 0 Å². The Hall–Kier alpha value is -1.39. The summed E-state index contributed by atoms with van der Waals surface area (Å²) in [5.41, 5.74) is 1.35. The Morgan fingerprint density at radius 1 is 1.32 bits per heavy atom. The summed E-state index contributed by atoms with van der Waals surface area (Å²) in [7, 11) is 0. The quantitative estimate of drug-likeness (QED) is 0.820. The van der Waals surface area contributed by atoms with Gasteiger partial charge in [-0.05, 0) is 56.6 Å². The van der Waals surface area contributed by atoms with Gasteiger partial charge >= 0.3 is 0 Å². The molecule has 0 bridgehead atoms. The first-order valence-corrected chi connectivity index (χ1v) is 6.87. The van der Waals surface area contributed by atoms with Gasteiger partial charge in [0.15, 0.2) is 0 Å². The zero-order valence-electron chi connectivity index (χ0n) is 10.8. The molecule has 0 unspecified atom stereocenters. The van der Waals surface area contributed by atoms with E-state index >= 15 is 0 Å². The molecule has 1 fully saturated rings. The number of hydrogen-bond acceptors (Lipinski definition) is 3. The summed E-state index contributed by atoms with van der Waals surface area (Å²) in [6.45, 7) is 3.62. The summed E-state index contributed by atoms with van der Waals surface area (Å²) >= 11 is 6.02. The highest BCUT2D eigenvalue weighted by molar-refractivity contribution is 6.31. The van der Waals surface area contributed by atoms with Crippen molar-refractivity contribution in [1.29, 1.82) is 0 Å². The lowest BCUT2D eigenvalue weighted by molar-refractivity contribution is -0.124. The molecule has 2 N–H and O–H groups in total. The minimum atomic E-state index is -0.561. The first kappa shape index (κ1) is 12.6. The Kier molecular flexibility index (Phi) is 3.07. The summed E-state index contributed by atoms with van der Waals surface area (Å²) < 4.78 is 0. The number of piperidine rings is 1. The number of halogens is 1. The van der Waals surface area contributed by atoms with Crippen LogP contribution in [-0.4, -0.2) is 30.4 Å². The number of benzene rings is 1. The van der Waals surface area contributed by atoms with E-state index in [0.717, 1.165) is 42.1 Å². The maximum Gasteiger partial charge on any atom is 0.253 e. The summed E-state index contributed by atoms with van der Waals surface area (Å²) in [4.78, 5) is 16.9. The highest BCUT2D eigenvalue weighted by Gasteiger charge is 2.44. The van der Waals surface area contributed by atoms with E-state index in [0.29, 0.717) is 5.84 Å². The van der Waals surface area contributed by atoms with Gasteiger partial charge < -0.3 is 10.6 Å². The maximum atomic E-state index is 12.2. The van der Waals surface area contributed by atoms with Gasteiger partial charge in [0.05, 0.1) is 0 Å². The molecule has 0 saturated carbocycles. The second kappa shape index (κ2) is 4.62. The van der Waals surface area contributed by atoms with Gasteiger partial charge in [-0.25, -0.2) is 0 Å². The highest BCUT2D eigenvalue weighted by Crippen LogP contribution is 2.29. The lowest BCUT2D eigenvalue weighted by Crippen LogP contribution is -2.47. The number of carbonyl (C=O) groups is 1. The normalized spacial score (nSPS) is 21.4. The average molecular weight is 278 g/mol. The second-order valence-corrected chi connectivity index (χ2v) is 5.57. The van der Waals surface area contributed by atoms with Crippen LogP contribution in [0.1, 0.15) is 24.0 Å². The summed E-state index contributed by atoms with van der Waals surface area (Å²) in [5.74, 6) is 0.697. The van der Waals surface area contributed by atoms with E-state index < -0.39 is 5.54 Å². The number of carbonyl (C=O) groups excluding carboxylic acids is 1. The molecule has 1 saturated heterocycles. The van der Waals surface area contributed by atoms with Crippen molar-refractivity contribution >= 4 is 23.3 Å². The van der Waals surface area contributed by atoms with Crippen molar-refractivity contribution in [2.75, 3.05) is 13.1 Å². The molecule has 1 spiro atoms. The third-order valence-corrected chi connectivity index (χ3v) is 4.27. The lowest BCUT2D eigenvalue weighted by Gasteiger charge is -2.28. The Labute approximate surface area is 117 Å². The Morgan fingerprint density at radius 3 is 2.74 bits per heavy atom. The molecule has 0 radical (unpaired) electrons. The van der Waals surface area contributed by atoms with Crippen LogP contribution < -0.4 is 10.6 Å². The summed E-state index contributed by atoms with van der Waals surface area (Å²) in [6.07, 6.45) is 1.52. The summed E-state index contributed by atoms with van der Waals surface area (Å²) in [5, 5.41) is 6.91. The molecule has 2 heterocycles. The lowest BCUT2D eigenvalue weighted by atomic mass is 9.89. The number of aryl methyl sites for hydroxylation is 1. The van der Waals surface area contributed by atoms with Crippen molar-refractivity contribution in [3.05, 3.63) is 34.3 Å². The Balaban J connectivity index is 1.95. The summed E-state index contributed by atoms with van der Waals surface area (Å²) in [6, 6.07) is 5.70. The minimum absolute atomic E-state index is 0.0246. The zero-order valence-corrected chi connectivity index (χ0v) is 11.5. The van der Waals surface area contributed by atoms with Crippen molar-refractivity contribution in [2.45, 2.75) is 25.3 Å². The van der Waals surface area contributed by atoms with Crippen LogP contribution in [-0.2, 0) is 4.79 Å². The number of aliphatic imine (C=N–C) groups is 1. The van der Waals surface area contributed by atoms with Crippen LogP contribution in [0.2, 0.25) is 5.02 Å². The maximum absolute atomic E-state index is 12.2. The van der Waals surface area contributed by atoms with Crippen molar-refractivity contribution in [2.24, 2.45) is 4.99 Å². The predicted octanol–water partition coefficient (Wildman–Crippen LogP) is 1.65. The number of rotatable bonds is 1. The van der Waals surface area contributed by atoms with Gasteiger partial charge in [-0.15, -0.1) is 0 Å². The molecule has 3 rings (SSSR count). The fourth-order valence-corrected chi connectivity index (χ4v) is 2.74. The van der Waals surface area contributed by atoms with Gasteiger partial charge in [-0.2, -0.15) is 0 Å². The number of nitrogens with zero attached hydrogens (tertiary/aromatic N) is 1. The van der Waals surface area contributed by atoms with Gasteiger partial charge in [-0.3, -0.25) is 9.79 Å². The van der Waals surface area contributed by atoms with E-state index in [1.807, 2.05) is 25.1 Å². The molecule has 19 heavy (non-hydrogen) atoms. The van der Waals surface area contributed by atoms with Crippen molar-refractivity contribution in [1.82, 2.24) is 10.6 Å². The molecule has 2 aliphatic heterocycles. The van der Waals surface area contributed by atoms with Gasteiger partial charge in [0.1, 0.15) is 11.4 Å². The molecule has 4 nitrogen and oxygen atoms in total. The van der Waals surface area contributed by atoms with E-state index in [4.69, 9.17) is 11.6 Å². The Morgan fingerprint density at radius 2 is 2.05 bits per heavy atom. The SMILES string of the molecule is Cc1cc(C2=NC3(CCNCC3)C(=O)N2)ccc1Cl. The first-order valence-electron chi connectivity index (χ1n) is 6.49. The molecule has 0 aromatic heterocycles. The van der Waals surface area contributed by atoms with Crippen LogP contribution in [0.3, 0.4) is 0 Å². The molecule has 5 heteroatoms. The molecular weight excluding hydrogens is 262 g/mol. The third-order valence-electron chi connectivity index (χ3n) is 3.84. The molecule has 1 aromatic rings. The fraction of sp³-hybridized carbons (Fsp3) is 0.429. The smallest absolute Gasteiger partial charge is 0.253 e. The molecule has 2 aliphatic rings.